The minimum Gasteiger partial charge on any atom is -0.497 e. The molecule has 140 valence electrons. The first-order valence-corrected chi connectivity index (χ1v) is 8.92. The van der Waals surface area contributed by atoms with Gasteiger partial charge in [0.25, 0.3) is 0 Å². The number of fused-ring (bicyclic) bond motifs is 1. The molecule has 5 nitrogen and oxygen atoms in total. The number of nitrogens with zero attached hydrogens (tertiary/aromatic N) is 2. The van der Waals surface area contributed by atoms with Crippen molar-refractivity contribution in [3.63, 3.8) is 0 Å². The standard InChI is InChI=1S/C22H24N2O3/c1-16(25)24-12-11-18-8-4-5-10-20(18)21(24)14-22(26)23(2)15-17-7-6-9-19(13-17)27-3/h4-13,21H,14-15H2,1-3H3. The third-order valence-corrected chi connectivity index (χ3v) is 4.82. The smallest absolute Gasteiger partial charge is 0.225 e. The Morgan fingerprint density at radius 1 is 1.15 bits per heavy atom. The Bertz CT molecular complexity index is 875. The van der Waals surface area contributed by atoms with Crippen LogP contribution in [0.25, 0.3) is 6.08 Å². The van der Waals surface area contributed by atoms with Crippen LogP contribution in [0.3, 0.4) is 0 Å². The molecule has 1 heterocycles. The highest BCUT2D eigenvalue weighted by molar-refractivity contribution is 5.81. The van der Waals surface area contributed by atoms with E-state index in [0.717, 1.165) is 22.4 Å². The molecule has 1 aliphatic rings. The Balaban J connectivity index is 1.76. The van der Waals surface area contributed by atoms with Gasteiger partial charge >= 0.3 is 0 Å². The van der Waals surface area contributed by atoms with Crippen molar-refractivity contribution in [2.45, 2.75) is 25.9 Å². The summed E-state index contributed by atoms with van der Waals surface area (Å²) in [6, 6.07) is 15.3. The van der Waals surface area contributed by atoms with Gasteiger partial charge in [0.05, 0.1) is 19.6 Å². The lowest BCUT2D eigenvalue weighted by atomic mass is 9.93. The number of carbonyl (C=O) groups is 2. The first-order chi connectivity index (χ1) is 13.0. The summed E-state index contributed by atoms with van der Waals surface area (Å²) < 4.78 is 5.24. The van der Waals surface area contributed by atoms with E-state index < -0.39 is 0 Å². The lowest BCUT2D eigenvalue weighted by Crippen LogP contribution is -2.35. The Morgan fingerprint density at radius 2 is 1.93 bits per heavy atom. The number of methoxy groups -OCH3 is 1. The number of carbonyl (C=O) groups excluding carboxylic acids is 2. The molecule has 0 saturated carbocycles. The van der Waals surface area contributed by atoms with Gasteiger partial charge in [0.1, 0.15) is 5.75 Å². The molecule has 0 radical (unpaired) electrons. The van der Waals surface area contributed by atoms with Crippen LogP contribution in [0.15, 0.2) is 54.7 Å². The van der Waals surface area contributed by atoms with Crippen molar-refractivity contribution in [1.29, 1.82) is 0 Å². The molecule has 0 N–H and O–H groups in total. The third kappa shape index (κ3) is 4.19. The predicted molar refractivity (Wildman–Crippen MR) is 105 cm³/mol. The first kappa shape index (κ1) is 18.7. The van der Waals surface area contributed by atoms with Crippen molar-refractivity contribution in [3.05, 3.63) is 71.4 Å². The number of benzene rings is 2. The summed E-state index contributed by atoms with van der Waals surface area (Å²) in [5, 5.41) is 0. The summed E-state index contributed by atoms with van der Waals surface area (Å²) in [6.45, 7) is 2.01. The van der Waals surface area contributed by atoms with Crippen molar-refractivity contribution >= 4 is 17.9 Å². The van der Waals surface area contributed by atoms with Crippen molar-refractivity contribution in [1.82, 2.24) is 9.80 Å². The highest BCUT2D eigenvalue weighted by Gasteiger charge is 2.29. The summed E-state index contributed by atoms with van der Waals surface area (Å²) in [5.74, 6) is 0.677. The van der Waals surface area contributed by atoms with E-state index in [2.05, 4.69) is 0 Å². The van der Waals surface area contributed by atoms with Crippen molar-refractivity contribution < 1.29 is 14.3 Å². The van der Waals surface area contributed by atoms with E-state index in [1.807, 2.05) is 54.6 Å². The number of hydrogen-bond acceptors (Lipinski definition) is 3. The molecular formula is C22H24N2O3. The van der Waals surface area contributed by atoms with Crippen LogP contribution in [0.5, 0.6) is 5.75 Å². The van der Waals surface area contributed by atoms with Crippen LogP contribution < -0.4 is 4.74 Å². The number of hydrogen-bond donors (Lipinski definition) is 0. The second kappa shape index (κ2) is 8.08. The van der Waals surface area contributed by atoms with Crippen LogP contribution in [0, 0.1) is 0 Å². The van der Waals surface area contributed by atoms with Crippen LogP contribution in [-0.2, 0) is 16.1 Å². The van der Waals surface area contributed by atoms with Gasteiger partial charge in [-0.15, -0.1) is 0 Å². The van der Waals surface area contributed by atoms with Gasteiger partial charge in [-0.2, -0.15) is 0 Å². The minimum absolute atomic E-state index is 0.0147. The van der Waals surface area contributed by atoms with Gasteiger partial charge < -0.3 is 14.5 Å². The highest BCUT2D eigenvalue weighted by Crippen LogP contribution is 2.33. The fourth-order valence-corrected chi connectivity index (χ4v) is 3.37. The Labute approximate surface area is 159 Å². The van der Waals surface area contributed by atoms with Crippen LogP contribution in [-0.4, -0.2) is 35.8 Å². The van der Waals surface area contributed by atoms with E-state index in [1.54, 1.807) is 30.2 Å². The molecule has 2 aromatic rings. The summed E-state index contributed by atoms with van der Waals surface area (Å²) in [6.07, 6.45) is 3.92. The molecule has 0 aromatic heterocycles. The normalized spacial score (nSPS) is 15.2. The Hall–Kier alpha value is -3.08. The first-order valence-electron chi connectivity index (χ1n) is 8.92. The average molecular weight is 364 g/mol. The zero-order chi connectivity index (χ0) is 19.4. The molecule has 27 heavy (non-hydrogen) atoms. The Kier molecular flexibility index (Phi) is 5.60. The molecular weight excluding hydrogens is 340 g/mol. The van der Waals surface area contributed by atoms with Gasteiger partial charge in [-0.1, -0.05) is 36.4 Å². The van der Waals surface area contributed by atoms with E-state index in [-0.39, 0.29) is 24.3 Å². The molecule has 0 spiro atoms. The lowest BCUT2D eigenvalue weighted by Gasteiger charge is -2.33. The number of rotatable bonds is 5. The van der Waals surface area contributed by atoms with Crippen molar-refractivity contribution in [2.75, 3.05) is 14.2 Å². The van der Waals surface area contributed by atoms with Gasteiger partial charge in [0, 0.05) is 26.7 Å². The van der Waals surface area contributed by atoms with E-state index in [0.29, 0.717) is 6.54 Å². The molecule has 1 atom stereocenters. The number of ether oxygens (including phenoxy) is 1. The van der Waals surface area contributed by atoms with Gasteiger partial charge in [0.15, 0.2) is 0 Å². The summed E-state index contributed by atoms with van der Waals surface area (Å²) in [5.41, 5.74) is 3.04. The molecule has 1 aliphatic heterocycles. The zero-order valence-corrected chi connectivity index (χ0v) is 15.9. The van der Waals surface area contributed by atoms with Crippen LogP contribution in [0.2, 0.25) is 0 Å². The highest BCUT2D eigenvalue weighted by atomic mass is 16.5. The molecule has 0 aliphatic carbocycles. The molecule has 5 heteroatoms. The van der Waals surface area contributed by atoms with E-state index in [9.17, 15) is 9.59 Å². The van der Waals surface area contributed by atoms with Gasteiger partial charge in [-0.25, -0.2) is 0 Å². The molecule has 0 saturated heterocycles. The van der Waals surface area contributed by atoms with E-state index in [1.165, 1.54) is 6.92 Å². The second-order valence-electron chi connectivity index (χ2n) is 6.69. The molecule has 2 aromatic carbocycles. The predicted octanol–water partition coefficient (Wildman–Crippen LogP) is 3.62. The molecule has 0 fully saturated rings. The van der Waals surface area contributed by atoms with Gasteiger partial charge in [-0.3, -0.25) is 9.59 Å². The largest absolute Gasteiger partial charge is 0.497 e. The monoisotopic (exact) mass is 364 g/mol. The van der Waals surface area contributed by atoms with Gasteiger partial charge in [-0.05, 0) is 34.9 Å². The molecule has 3 rings (SSSR count). The maximum Gasteiger partial charge on any atom is 0.225 e. The lowest BCUT2D eigenvalue weighted by molar-refractivity contribution is -0.134. The summed E-state index contributed by atoms with van der Waals surface area (Å²) in [7, 11) is 3.41. The second-order valence-corrected chi connectivity index (χ2v) is 6.69. The van der Waals surface area contributed by atoms with E-state index in [4.69, 9.17) is 4.74 Å². The SMILES string of the molecule is COc1cccc(CN(C)C(=O)CC2c3ccccc3C=CN2C(C)=O)c1. The maximum absolute atomic E-state index is 12.9. The summed E-state index contributed by atoms with van der Waals surface area (Å²) in [4.78, 5) is 28.3. The third-order valence-electron chi connectivity index (χ3n) is 4.82. The molecule has 0 bridgehead atoms. The zero-order valence-electron chi connectivity index (χ0n) is 15.9. The van der Waals surface area contributed by atoms with E-state index >= 15 is 0 Å². The Morgan fingerprint density at radius 3 is 2.67 bits per heavy atom. The van der Waals surface area contributed by atoms with Crippen molar-refractivity contribution in [3.8, 4) is 5.75 Å². The topological polar surface area (TPSA) is 49.9 Å². The minimum atomic E-state index is -0.288. The fourth-order valence-electron chi connectivity index (χ4n) is 3.37. The van der Waals surface area contributed by atoms with Crippen molar-refractivity contribution in [2.24, 2.45) is 0 Å². The quantitative estimate of drug-likeness (QED) is 0.814. The summed E-state index contributed by atoms with van der Waals surface area (Å²) >= 11 is 0. The van der Waals surface area contributed by atoms with Crippen LogP contribution in [0.1, 0.15) is 36.1 Å². The average Bonchev–Trinajstić information content (AvgIpc) is 2.68. The maximum atomic E-state index is 12.9. The molecule has 1 unspecified atom stereocenters. The fraction of sp³-hybridized carbons (Fsp3) is 0.273. The molecule has 2 amide bonds. The number of amides is 2. The van der Waals surface area contributed by atoms with Crippen LogP contribution >= 0.6 is 0 Å². The van der Waals surface area contributed by atoms with Gasteiger partial charge in [0.2, 0.25) is 11.8 Å². The van der Waals surface area contributed by atoms with Crippen LogP contribution in [0.4, 0.5) is 0 Å².